The summed E-state index contributed by atoms with van der Waals surface area (Å²) in [4.78, 5) is 44.8. The molecule has 0 rings (SSSR count). The second-order valence-corrected chi connectivity index (χ2v) is 3.68. The lowest BCUT2D eigenvalue weighted by molar-refractivity contribution is -0.161. The Kier molecular flexibility index (Phi) is 5.71. The molecule has 19 heavy (non-hydrogen) atoms. The lowest BCUT2D eigenvalue weighted by Gasteiger charge is -2.27. The number of hydrogen-bond acceptors (Lipinski definition) is 6. The quantitative estimate of drug-likeness (QED) is 0.483. The van der Waals surface area contributed by atoms with E-state index in [9.17, 15) is 24.3 Å². The van der Waals surface area contributed by atoms with Crippen LogP contribution in [0.15, 0.2) is 12.2 Å². The van der Waals surface area contributed by atoms with Gasteiger partial charge in [0.2, 0.25) is 0 Å². The number of carboxylic acids is 2. The van der Waals surface area contributed by atoms with Gasteiger partial charge in [-0.1, -0.05) is 6.58 Å². The van der Waals surface area contributed by atoms with Crippen molar-refractivity contribution in [2.24, 2.45) is 5.41 Å². The fourth-order valence-electron chi connectivity index (χ4n) is 1.40. The summed E-state index contributed by atoms with van der Waals surface area (Å²) in [6, 6.07) is 0. The van der Waals surface area contributed by atoms with Gasteiger partial charge in [-0.25, -0.2) is 4.79 Å². The molecule has 0 aromatic rings. The number of methoxy groups -OCH3 is 2. The van der Waals surface area contributed by atoms with Gasteiger partial charge in [-0.05, 0) is 0 Å². The van der Waals surface area contributed by atoms with Crippen molar-refractivity contribution in [1.82, 2.24) is 0 Å². The molecule has 0 heterocycles. The van der Waals surface area contributed by atoms with E-state index in [4.69, 9.17) is 5.11 Å². The molecule has 0 amide bonds. The van der Waals surface area contributed by atoms with Crippen LogP contribution in [0.4, 0.5) is 0 Å². The van der Waals surface area contributed by atoms with Gasteiger partial charge in [0.05, 0.1) is 27.1 Å². The van der Waals surface area contributed by atoms with Crippen LogP contribution in [0, 0.1) is 5.41 Å². The zero-order valence-corrected chi connectivity index (χ0v) is 10.5. The predicted molar refractivity (Wildman–Crippen MR) is 60.1 cm³/mol. The maximum Gasteiger partial charge on any atom is 0.332 e. The largest absolute Gasteiger partial charge is 0.481 e. The van der Waals surface area contributed by atoms with Crippen molar-refractivity contribution in [3.05, 3.63) is 12.2 Å². The molecule has 0 aromatic heterocycles. The first-order chi connectivity index (χ1) is 8.71. The third-order valence-electron chi connectivity index (χ3n) is 2.59. The van der Waals surface area contributed by atoms with Gasteiger partial charge in [-0.2, -0.15) is 0 Å². The number of carbonyl (C=O) groups excluding carboxylic acids is 2. The zero-order valence-electron chi connectivity index (χ0n) is 10.5. The molecular weight excluding hydrogens is 260 g/mol. The van der Waals surface area contributed by atoms with Crippen LogP contribution in [0.25, 0.3) is 0 Å². The van der Waals surface area contributed by atoms with E-state index in [-0.39, 0.29) is 0 Å². The number of ether oxygens (including phenoxy) is 2. The molecule has 0 aromatic carbocycles. The van der Waals surface area contributed by atoms with Gasteiger partial charge in [0, 0.05) is 5.57 Å². The van der Waals surface area contributed by atoms with Crippen LogP contribution in [0.5, 0.6) is 0 Å². The maximum absolute atomic E-state index is 11.3. The second kappa shape index (κ2) is 6.53. The van der Waals surface area contributed by atoms with Crippen LogP contribution in [0.3, 0.4) is 0 Å². The van der Waals surface area contributed by atoms with Crippen LogP contribution in [-0.4, -0.2) is 48.3 Å². The van der Waals surface area contributed by atoms with E-state index in [0.717, 1.165) is 14.2 Å². The van der Waals surface area contributed by atoms with Crippen LogP contribution < -0.4 is 0 Å². The lowest BCUT2D eigenvalue weighted by atomic mass is 9.75. The Morgan fingerprint density at radius 3 is 1.58 bits per heavy atom. The molecule has 0 aliphatic rings. The Hall–Kier alpha value is -2.38. The molecule has 8 nitrogen and oxygen atoms in total. The molecule has 0 bridgehead atoms. The highest BCUT2D eigenvalue weighted by atomic mass is 16.5. The Bertz CT molecular complexity index is 404. The van der Waals surface area contributed by atoms with Gasteiger partial charge in [0.15, 0.2) is 0 Å². The first kappa shape index (κ1) is 16.6. The summed E-state index contributed by atoms with van der Waals surface area (Å²) < 4.78 is 8.63. The Labute approximate surface area is 108 Å². The maximum atomic E-state index is 11.3. The Morgan fingerprint density at radius 1 is 1.00 bits per heavy atom. The molecule has 0 spiro atoms. The first-order valence-corrected chi connectivity index (χ1v) is 5.01. The number of hydrogen-bond donors (Lipinski definition) is 2. The fraction of sp³-hybridized carbons (Fsp3) is 0.455. The molecular formula is C11H14O8. The summed E-state index contributed by atoms with van der Waals surface area (Å²) in [5.41, 5.74) is -3.10. The predicted octanol–water partition coefficient (Wildman–Crippen LogP) is -0.176. The zero-order chi connectivity index (χ0) is 15.2. The minimum Gasteiger partial charge on any atom is -0.481 e. The normalized spacial score (nSPS) is 10.4. The SMILES string of the molecule is C=C(C(=O)O)C(CC(=O)OC)(CC(=O)OC)C(=O)O. The van der Waals surface area contributed by atoms with Crippen LogP contribution in [0.2, 0.25) is 0 Å². The number of carboxylic acid groups (broad SMARTS) is 2. The monoisotopic (exact) mass is 274 g/mol. The third kappa shape index (κ3) is 3.80. The number of aliphatic carboxylic acids is 2. The molecule has 2 N–H and O–H groups in total. The van der Waals surface area contributed by atoms with Crippen molar-refractivity contribution in [2.45, 2.75) is 12.8 Å². The van der Waals surface area contributed by atoms with Gasteiger partial charge in [-0.3, -0.25) is 14.4 Å². The smallest absolute Gasteiger partial charge is 0.332 e. The Morgan fingerprint density at radius 2 is 1.37 bits per heavy atom. The van der Waals surface area contributed by atoms with Crippen molar-refractivity contribution in [1.29, 1.82) is 0 Å². The molecule has 0 aliphatic heterocycles. The lowest BCUT2D eigenvalue weighted by Crippen LogP contribution is -2.40. The number of carbonyl (C=O) groups is 4. The van der Waals surface area contributed by atoms with E-state index in [1.54, 1.807) is 0 Å². The minimum atomic E-state index is -2.30. The fourth-order valence-corrected chi connectivity index (χ4v) is 1.40. The summed E-state index contributed by atoms with van der Waals surface area (Å²) >= 11 is 0. The molecule has 8 heteroatoms. The second-order valence-electron chi connectivity index (χ2n) is 3.68. The van der Waals surface area contributed by atoms with E-state index >= 15 is 0 Å². The molecule has 0 radical (unpaired) electrons. The minimum absolute atomic E-state index is 0.796. The van der Waals surface area contributed by atoms with Crippen molar-refractivity contribution < 1.29 is 38.9 Å². The molecule has 0 aliphatic carbocycles. The summed E-state index contributed by atoms with van der Waals surface area (Å²) in [6.45, 7) is 3.13. The van der Waals surface area contributed by atoms with Crippen molar-refractivity contribution in [3.63, 3.8) is 0 Å². The molecule has 0 saturated heterocycles. The molecule has 0 unspecified atom stereocenters. The topological polar surface area (TPSA) is 127 Å². The average Bonchev–Trinajstić information content (AvgIpc) is 2.35. The van der Waals surface area contributed by atoms with Gasteiger partial charge in [-0.15, -0.1) is 0 Å². The summed E-state index contributed by atoms with van der Waals surface area (Å²) in [5.74, 6) is -5.26. The molecule has 106 valence electrons. The first-order valence-electron chi connectivity index (χ1n) is 5.01. The van der Waals surface area contributed by atoms with Gasteiger partial charge < -0.3 is 19.7 Å². The van der Waals surface area contributed by atoms with Crippen molar-refractivity contribution >= 4 is 23.9 Å². The van der Waals surface area contributed by atoms with Gasteiger partial charge in [0.1, 0.15) is 5.41 Å². The average molecular weight is 274 g/mol. The van der Waals surface area contributed by atoms with Crippen molar-refractivity contribution in [2.75, 3.05) is 14.2 Å². The highest BCUT2D eigenvalue weighted by Gasteiger charge is 2.48. The highest BCUT2D eigenvalue weighted by molar-refractivity contribution is 6.00. The molecule has 0 fully saturated rings. The van der Waals surface area contributed by atoms with Crippen LogP contribution in [0.1, 0.15) is 12.8 Å². The van der Waals surface area contributed by atoms with E-state index in [0.29, 0.717) is 0 Å². The number of rotatable bonds is 7. The standard InChI is InChI=1S/C11H14O8/c1-6(9(14)15)11(10(16)17,4-7(12)18-2)5-8(13)19-3/h1,4-5H2,2-3H3,(H,14,15)(H,16,17). The summed E-state index contributed by atoms with van der Waals surface area (Å²) in [6.07, 6.45) is -1.67. The van der Waals surface area contributed by atoms with E-state index < -0.39 is 47.7 Å². The molecule has 0 saturated carbocycles. The van der Waals surface area contributed by atoms with E-state index in [2.05, 4.69) is 16.1 Å². The van der Waals surface area contributed by atoms with Gasteiger partial charge in [0.25, 0.3) is 0 Å². The number of esters is 2. The van der Waals surface area contributed by atoms with E-state index in [1.807, 2.05) is 0 Å². The van der Waals surface area contributed by atoms with Crippen LogP contribution in [-0.2, 0) is 28.7 Å². The van der Waals surface area contributed by atoms with Crippen molar-refractivity contribution in [3.8, 4) is 0 Å². The van der Waals surface area contributed by atoms with Gasteiger partial charge >= 0.3 is 23.9 Å². The summed E-state index contributed by atoms with van der Waals surface area (Å²) in [7, 11) is 2.02. The highest BCUT2D eigenvalue weighted by Crippen LogP contribution is 2.36. The van der Waals surface area contributed by atoms with Crippen LogP contribution >= 0.6 is 0 Å². The third-order valence-corrected chi connectivity index (χ3v) is 2.59. The van der Waals surface area contributed by atoms with E-state index in [1.165, 1.54) is 0 Å². The molecule has 0 atom stereocenters. The Balaban J connectivity index is 5.66. The summed E-state index contributed by atoms with van der Waals surface area (Å²) in [5, 5.41) is 18.1.